The smallest absolute Gasteiger partial charge is 0.0600 e. The Hall–Kier alpha value is -2.54. The van der Waals surface area contributed by atoms with Crippen molar-refractivity contribution in [3.8, 4) is 0 Å². The van der Waals surface area contributed by atoms with E-state index in [1.807, 2.05) is 0 Å². The highest BCUT2D eigenvalue weighted by Gasteiger charge is 2.20. The van der Waals surface area contributed by atoms with Gasteiger partial charge in [-0.15, -0.1) is 5.53 Å². The number of morpholine rings is 1. The number of para-hydroxylation sites is 1. The van der Waals surface area contributed by atoms with Crippen LogP contribution in [0.25, 0.3) is 21.8 Å². The third-order valence-corrected chi connectivity index (χ3v) is 5.82. The number of hydrazine groups is 2. The standard InChI is InChI=1S/C22H27N5O/c1-2-26-21-6-4-3-5-19(21)20-15-17(7-8-22(20)26)27-18(16-23-24-27)9-10-25-11-13-28-14-12-25/h3-8,15-16,23-24H,2,9-14H2,1H3. The summed E-state index contributed by atoms with van der Waals surface area (Å²) in [6.45, 7) is 7.96. The van der Waals surface area contributed by atoms with E-state index >= 15 is 0 Å². The monoisotopic (exact) mass is 377 g/mol. The molecule has 0 aliphatic carbocycles. The third kappa shape index (κ3) is 3.03. The molecule has 2 aliphatic rings. The summed E-state index contributed by atoms with van der Waals surface area (Å²) in [6, 6.07) is 15.4. The second-order valence-corrected chi connectivity index (χ2v) is 7.39. The van der Waals surface area contributed by atoms with Crippen LogP contribution in [0.4, 0.5) is 5.69 Å². The van der Waals surface area contributed by atoms with E-state index in [0.29, 0.717) is 0 Å². The Balaban J connectivity index is 1.43. The molecule has 0 spiro atoms. The molecule has 3 heterocycles. The van der Waals surface area contributed by atoms with Gasteiger partial charge in [-0.1, -0.05) is 18.2 Å². The van der Waals surface area contributed by atoms with Gasteiger partial charge in [-0.25, -0.2) is 0 Å². The molecular formula is C22H27N5O. The molecule has 2 N–H and O–H groups in total. The lowest BCUT2D eigenvalue weighted by Crippen LogP contribution is -2.40. The lowest BCUT2D eigenvalue weighted by molar-refractivity contribution is 0.0384. The van der Waals surface area contributed by atoms with Gasteiger partial charge in [0.25, 0.3) is 0 Å². The summed E-state index contributed by atoms with van der Waals surface area (Å²) >= 11 is 0. The largest absolute Gasteiger partial charge is 0.379 e. The molecule has 6 heteroatoms. The SMILES string of the molecule is CCn1c2ccccc2c2cc(N3NNC=C3CCN3CCOCC3)ccc21. The Bertz CT molecular complexity index is 1020. The Morgan fingerprint density at radius 1 is 1.00 bits per heavy atom. The molecule has 0 atom stereocenters. The Labute approximate surface area is 165 Å². The Morgan fingerprint density at radius 3 is 2.68 bits per heavy atom. The molecule has 3 aromatic rings. The van der Waals surface area contributed by atoms with Crippen LogP contribution in [-0.4, -0.2) is 42.3 Å². The van der Waals surface area contributed by atoms with Gasteiger partial charge in [0, 0.05) is 60.6 Å². The van der Waals surface area contributed by atoms with Crippen molar-refractivity contribution < 1.29 is 4.74 Å². The van der Waals surface area contributed by atoms with Crippen LogP contribution in [0.3, 0.4) is 0 Å². The van der Waals surface area contributed by atoms with E-state index in [2.05, 4.69) is 81.0 Å². The van der Waals surface area contributed by atoms with Crippen molar-refractivity contribution in [3.63, 3.8) is 0 Å². The van der Waals surface area contributed by atoms with Gasteiger partial charge in [0.2, 0.25) is 0 Å². The van der Waals surface area contributed by atoms with Crippen molar-refractivity contribution >= 4 is 27.5 Å². The predicted octanol–water partition coefficient (Wildman–Crippen LogP) is 3.21. The van der Waals surface area contributed by atoms with Crippen molar-refractivity contribution in [2.75, 3.05) is 37.9 Å². The van der Waals surface area contributed by atoms with Gasteiger partial charge in [-0.05, 0) is 31.2 Å². The average Bonchev–Trinajstić information content (AvgIpc) is 3.35. The zero-order chi connectivity index (χ0) is 18.9. The van der Waals surface area contributed by atoms with Gasteiger partial charge < -0.3 is 14.7 Å². The summed E-state index contributed by atoms with van der Waals surface area (Å²) in [5.74, 6) is 0. The van der Waals surface area contributed by atoms with E-state index in [4.69, 9.17) is 4.74 Å². The molecule has 6 nitrogen and oxygen atoms in total. The van der Waals surface area contributed by atoms with Crippen molar-refractivity contribution in [2.45, 2.75) is 19.9 Å². The van der Waals surface area contributed by atoms with Crippen LogP contribution in [-0.2, 0) is 11.3 Å². The summed E-state index contributed by atoms with van der Waals surface area (Å²) in [4.78, 5) is 2.47. The van der Waals surface area contributed by atoms with Crippen LogP contribution in [0.1, 0.15) is 13.3 Å². The number of rotatable bonds is 5. The van der Waals surface area contributed by atoms with Gasteiger partial charge in [0.15, 0.2) is 0 Å². The predicted molar refractivity (Wildman–Crippen MR) is 114 cm³/mol. The number of benzene rings is 2. The van der Waals surface area contributed by atoms with Crippen molar-refractivity contribution in [1.29, 1.82) is 0 Å². The third-order valence-electron chi connectivity index (χ3n) is 5.82. The first-order valence-corrected chi connectivity index (χ1v) is 10.2. The normalized spacial score (nSPS) is 18.0. The Kier molecular flexibility index (Phi) is 4.68. The molecule has 2 aromatic carbocycles. The second-order valence-electron chi connectivity index (χ2n) is 7.39. The molecule has 1 saturated heterocycles. The van der Waals surface area contributed by atoms with Crippen LogP contribution in [0.2, 0.25) is 0 Å². The summed E-state index contributed by atoms with van der Waals surface area (Å²) in [5.41, 5.74) is 11.5. The van der Waals surface area contributed by atoms with E-state index in [1.165, 1.54) is 27.5 Å². The maximum absolute atomic E-state index is 5.46. The minimum absolute atomic E-state index is 0.845. The number of fused-ring (bicyclic) bond motifs is 3. The van der Waals surface area contributed by atoms with E-state index in [-0.39, 0.29) is 0 Å². The molecule has 0 amide bonds. The minimum atomic E-state index is 0.845. The van der Waals surface area contributed by atoms with E-state index in [0.717, 1.165) is 51.5 Å². The number of hydrogen-bond donors (Lipinski definition) is 2. The summed E-state index contributed by atoms with van der Waals surface area (Å²) in [7, 11) is 0. The lowest BCUT2D eigenvalue weighted by atomic mass is 10.1. The molecule has 0 radical (unpaired) electrons. The van der Waals surface area contributed by atoms with Crippen LogP contribution in [0.5, 0.6) is 0 Å². The van der Waals surface area contributed by atoms with E-state index in [1.54, 1.807) is 0 Å². The van der Waals surface area contributed by atoms with Gasteiger partial charge in [-0.2, -0.15) is 0 Å². The van der Waals surface area contributed by atoms with Gasteiger partial charge in [0.1, 0.15) is 0 Å². The first-order chi connectivity index (χ1) is 13.8. The highest BCUT2D eigenvalue weighted by Crippen LogP contribution is 2.33. The molecule has 1 fully saturated rings. The van der Waals surface area contributed by atoms with Crippen LogP contribution < -0.4 is 16.0 Å². The molecule has 28 heavy (non-hydrogen) atoms. The fourth-order valence-corrected chi connectivity index (χ4v) is 4.35. The van der Waals surface area contributed by atoms with Crippen LogP contribution >= 0.6 is 0 Å². The zero-order valence-corrected chi connectivity index (χ0v) is 16.3. The second kappa shape index (κ2) is 7.47. The maximum Gasteiger partial charge on any atom is 0.0600 e. The zero-order valence-electron chi connectivity index (χ0n) is 16.3. The molecule has 0 saturated carbocycles. The first-order valence-electron chi connectivity index (χ1n) is 10.2. The first kappa shape index (κ1) is 17.6. The topological polar surface area (TPSA) is 44.7 Å². The molecule has 146 valence electrons. The number of aromatic nitrogens is 1. The average molecular weight is 377 g/mol. The highest BCUT2D eigenvalue weighted by molar-refractivity contribution is 6.09. The fraction of sp³-hybridized carbons (Fsp3) is 0.364. The summed E-state index contributed by atoms with van der Waals surface area (Å²) in [5, 5.41) is 4.78. The van der Waals surface area contributed by atoms with Gasteiger partial charge in [0.05, 0.1) is 24.6 Å². The molecule has 0 unspecified atom stereocenters. The Morgan fingerprint density at radius 2 is 1.82 bits per heavy atom. The number of hydrogen-bond acceptors (Lipinski definition) is 5. The molecule has 2 aliphatic heterocycles. The van der Waals surface area contributed by atoms with Crippen molar-refractivity contribution in [1.82, 2.24) is 20.4 Å². The number of anilines is 1. The molecule has 1 aromatic heterocycles. The van der Waals surface area contributed by atoms with Crippen molar-refractivity contribution in [2.24, 2.45) is 0 Å². The molecule has 0 bridgehead atoms. The van der Waals surface area contributed by atoms with E-state index < -0.39 is 0 Å². The van der Waals surface area contributed by atoms with E-state index in [9.17, 15) is 0 Å². The number of aryl methyl sites for hydroxylation is 1. The quantitative estimate of drug-likeness (QED) is 0.715. The lowest BCUT2D eigenvalue weighted by Gasteiger charge is -2.28. The van der Waals surface area contributed by atoms with Gasteiger partial charge >= 0.3 is 0 Å². The molecular weight excluding hydrogens is 350 g/mol. The number of nitrogens with zero attached hydrogens (tertiary/aromatic N) is 3. The number of ether oxygens (including phenoxy) is 1. The maximum atomic E-state index is 5.46. The van der Waals surface area contributed by atoms with Crippen molar-refractivity contribution in [3.05, 3.63) is 54.4 Å². The fourth-order valence-electron chi connectivity index (χ4n) is 4.35. The van der Waals surface area contributed by atoms with Crippen LogP contribution in [0, 0.1) is 0 Å². The highest BCUT2D eigenvalue weighted by atomic mass is 16.5. The summed E-state index contributed by atoms with van der Waals surface area (Å²) < 4.78 is 7.84. The van der Waals surface area contributed by atoms with Gasteiger partial charge in [-0.3, -0.25) is 9.91 Å². The minimum Gasteiger partial charge on any atom is -0.379 e. The number of nitrogens with one attached hydrogen (secondary N) is 2. The molecule has 5 rings (SSSR count). The summed E-state index contributed by atoms with van der Waals surface area (Å²) in [6.07, 6.45) is 3.06. The van der Waals surface area contributed by atoms with Crippen LogP contribution in [0.15, 0.2) is 54.4 Å².